The van der Waals surface area contributed by atoms with Crippen molar-refractivity contribution in [3.63, 3.8) is 0 Å². The Morgan fingerprint density at radius 2 is 1.92 bits per heavy atom. The van der Waals surface area contributed by atoms with Gasteiger partial charge in [-0.15, -0.1) is 0 Å². The second-order valence-electron chi connectivity index (χ2n) is 6.89. The zero-order valence-corrected chi connectivity index (χ0v) is 14.7. The molecule has 0 radical (unpaired) electrons. The van der Waals surface area contributed by atoms with E-state index >= 15 is 0 Å². The van der Waals surface area contributed by atoms with E-state index in [4.69, 9.17) is 5.11 Å². The second kappa shape index (κ2) is 7.27. The van der Waals surface area contributed by atoms with Gasteiger partial charge in [-0.25, -0.2) is 0 Å². The molecule has 1 aromatic rings. The summed E-state index contributed by atoms with van der Waals surface area (Å²) in [6, 6.07) is 4.33. The molecule has 7 nitrogen and oxygen atoms in total. The summed E-state index contributed by atoms with van der Waals surface area (Å²) in [6.07, 6.45) is 3.19. The number of rotatable bonds is 6. The Morgan fingerprint density at radius 1 is 1.19 bits per heavy atom. The molecule has 0 aromatic heterocycles. The third-order valence-corrected chi connectivity index (χ3v) is 5.09. The monoisotopic (exact) mass is 358 g/mol. The van der Waals surface area contributed by atoms with Gasteiger partial charge < -0.3 is 10.4 Å². The smallest absolute Gasteiger partial charge is 0.306 e. The van der Waals surface area contributed by atoms with Crippen LogP contribution in [-0.2, 0) is 4.79 Å². The number of benzene rings is 1. The first kappa shape index (κ1) is 18.1. The zero-order valence-electron chi connectivity index (χ0n) is 14.7. The quantitative estimate of drug-likeness (QED) is 0.758. The number of nitrogens with zero attached hydrogens (tertiary/aromatic N) is 1. The van der Waals surface area contributed by atoms with Gasteiger partial charge in [0.25, 0.3) is 17.7 Å². The standard InChI is InChI=1S/C19H22N2O5/c1-2-3-8-21-17(23)14-7-5-11(10-15(14)18(21)24)16(22)20-13-6-4-12(9-13)19(25)26/h5,7,10,12-13H,2-4,6,8-9H2,1H3,(H,20,22)(H,25,26)/t12-,13+/m1/s1. The molecule has 7 heteroatoms. The van der Waals surface area contributed by atoms with Crippen LogP contribution in [0.2, 0.25) is 0 Å². The van der Waals surface area contributed by atoms with E-state index in [0.29, 0.717) is 36.9 Å². The predicted octanol–water partition coefficient (Wildman–Crippen LogP) is 2.07. The number of carboxylic acids is 1. The molecule has 1 saturated carbocycles. The van der Waals surface area contributed by atoms with Crippen LogP contribution < -0.4 is 5.32 Å². The SMILES string of the molecule is CCCCN1C(=O)c2ccc(C(=O)N[C@H]3CC[C@@H](C(=O)O)C3)cc2C1=O. The first-order valence-electron chi connectivity index (χ1n) is 8.96. The fourth-order valence-corrected chi connectivity index (χ4v) is 3.56. The van der Waals surface area contributed by atoms with Crippen LogP contribution in [0, 0.1) is 5.92 Å². The molecule has 2 aliphatic rings. The maximum atomic E-state index is 12.5. The highest BCUT2D eigenvalue weighted by Crippen LogP contribution is 2.27. The topological polar surface area (TPSA) is 104 Å². The van der Waals surface area contributed by atoms with Crippen LogP contribution in [0.25, 0.3) is 0 Å². The lowest BCUT2D eigenvalue weighted by Gasteiger charge is -2.13. The number of imide groups is 1. The van der Waals surface area contributed by atoms with Gasteiger partial charge in [0.1, 0.15) is 0 Å². The number of hydrogen-bond donors (Lipinski definition) is 2. The average Bonchev–Trinajstić information content (AvgIpc) is 3.17. The highest BCUT2D eigenvalue weighted by atomic mass is 16.4. The molecule has 0 unspecified atom stereocenters. The van der Waals surface area contributed by atoms with E-state index in [1.54, 1.807) is 0 Å². The van der Waals surface area contributed by atoms with Crippen molar-refractivity contribution in [2.45, 2.75) is 45.1 Å². The van der Waals surface area contributed by atoms with Gasteiger partial charge in [-0.05, 0) is 43.9 Å². The second-order valence-corrected chi connectivity index (χ2v) is 6.89. The number of fused-ring (bicyclic) bond motifs is 1. The molecule has 0 bridgehead atoms. The summed E-state index contributed by atoms with van der Waals surface area (Å²) < 4.78 is 0. The summed E-state index contributed by atoms with van der Waals surface area (Å²) in [5, 5.41) is 11.9. The van der Waals surface area contributed by atoms with E-state index in [1.165, 1.54) is 23.1 Å². The molecule has 0 saturated heterocycles. The zero-order chi connectivity index (χ0) is 18.8. The maximum absolute atomic E-state index is 12.5. The van der Waals surface area contributed by atoms with Gasteiger partial charge >= 0.3 is 5.97 Å². The Hall–Kier alpha value is -2.70. The van der Waals surface area contributed by atoms with Crippen molar-refractivity contribution in [3.05, 3.63) is 34.9 Å². The number of hydrogen-bond acceptors (Lipinski definition) is 4. The Morgan fingerprint density at radius 3 is 2.58 bits per heavy atom. The summed E-state index contributed by atoms with van der Waals surface area (Å²) in [5.41, 5.74) is 0.893. The van der Waals surface area contributed by atoms with Crippen LogP contribution >= 0.6 is 0 Å². The Labute approximate surface area is 151 Å². The van der Waals surface area contributed by atoms with E-state index < -0.39 is 11.9 Å². The van der Waals surface area contributed by atoms with Crippen LogP contribution in [0.15, 0.2) is 18.2 Å². The number of carbonyl (C=O) groups is 4. The molecule has 3 amide bonds. The van der Waals surface area contributed by atoms with E-state index in [2.05, 4.69) is 5.32 Å². The molecule has 2 N–H and O–H groups in total. The van der Waals surface area contributed by atoms with Crippen molar-refractivity contribution in [2.24, 2.45) is 5.92 Å². The third-order valence-electron chi connectivity index (χ3n) is 5.09. The summed E-state index contributed by atoms with van der Waals surface area (Å²) in [4.78, 5) is 49.5. The third kappa shape index (κ3) is 3.34. The van der Waals surface area contributed by atoms with Gasteiger partial charge in [0.05, 0.1) is 17.0 Å². The van der Waals surface area contributed by atoms with E-state index in [1.807, 2.05) is 6.92 Å². The highest BCUT2D eigenvalue weighted by molar-refractivity contribution is 6.22. The number of amides is 3. The maximum Gasteiger partial charge on any atom is 0.306 e. The van der Waals surface area contributed by atoms with Gasteiger partial charge in [0.2, 0.25) is 0 Å². The van der Waals surface area contributed by atoms with Crippen molar-refractivity contribution in [2.75, 3.05) is 6.54 Å². The average molecular weight is 358 g/mol. The number of unbranched alkanes of at least 4 members (excludes halogenated alkanes) is 1. The fourth-order valence-electron chi connectivity index (χ4n) is 3.56. The van der Waals surface area contributed by atoms with Crippen LogP contribution in [-0.4, -0.2) is 46.3 Å². The lowest BCUT2D eigenvalue weighted by atomic mass is 10.0. The molecule has 1 heterocycles. The number of aliphatic carboxylic acids is 1. The largest absolute Gasteiger partial charge is 0.481 e. The Balaban J connectivity index is 1.71. The van der Waals surface area contributed by atoms with Gasteiger partial charge in [-0.1, -0.05) is 13.3 Å². The summed E-state index contributed by atoms with van der Waals surface area (Å²) in [6.45, 7) is 2.36. The van der Waals surface area contributed by atoms with Crippen LogP contribution in [0.4, 0.5) is 0 Å². The molecule has 1 aliphatic heterocycles. The molecule has 138 valence electrons. The summed E-state index contributed by atoms with van der Waals surface area (Å²) in [7, 11) is 0. The highest BCUT2D eigenvalue weighted by Gasteiger charge is 2.36. The van der Waals surface area contributed by atoms with Crippen LogP contribution in [0.5, 0.6) is 0 Å². The van der Waals surface area contributed by atoms with Crippen LogP contribution in [0.1, 0.15) is 70.1 Å². The predicted molar refractivity (Wildman–Crippen MR) is 92.9 cm³/mol. The molecule has 0 spiro atoms. The van der Waals surface area contributed by atoms with Crippen LogP contribution in [0.3, 0.4) is 0 Å². The summed E-state index contributed by atoms with van der Waals surface area (Å²) >= 11 is 0. The minimum atomic E-state index is -0.837. The van der Waals surface area contributed by atoms with E-state index in [9.17, 15) is 19.2 Å². The number of carbonyl (C=O) groups excluding carboxylic acids is 3. The van der Waals surface area contributed by atoms with E-state index in [-0.39, 0.29) is 29.3 Å². The van der Waals surface area contributed by atoms with Crippen molar-refractivity contribution in [1.29, 1.82) is 0 Å². The number of carboxylic acid groups (broad SMARTS) is 1. The normalized spacial score (nSPS) is 21.8. The molecule has 2 atom stereocenters. The minimum absolute atomic E-state index is 0.185. The van der Waals surface area contributed by atoms with Crippen molar-refractivity contribution < 1.29 is 24.3 Å². The molecule has 3 rings (SSSR count). The lowest BCUT2D eigenvalue weighted by molar-refractivity contribution is -0.141. The van der Waals surface area contributed by atoms with Crippen molar-refractivity contribution in [1.82, 2.24) is 10.2 Å². The minimum Gasteiger partial charge on any atom is -0.481 e. The first-order valence-corrected chi connectivity index (χ1v) is 8.96. The molecular formula is C19H22N2O5. The molecular weight excluding hydrogens is 336 g/mol. The Bertz CT molecular complexity index is 773. The summed E-state index contributed by atoms with van der Waals surface area (Å²) in [5.74, 6) is -2.29. The lowest BCUT2D eigenvalue weighted by Crippen LogP contribution is -2.33. The fraction of sp³-hybridized carbons (Fsp3) is 0.474. The van der Waals surface area contributed by atoms with Crippen molar-refractivity contribution >= 4 is 23.7 Å². The van der Waals surface area contributed by atoms with Gasteiger partial charge in [-0.2, -0.15) is 0 Å². The molecule has 26 heavy (non-hydrogen) atoms. The van der Waals surface area contributed by atoms with Gasteiger partial charge in [0.15, 0.2) is 0 Å². The van der Waals surface area contributed by atoms with E-state index in [0.717, 1.165) is 12.8 Å². The van der Waals surface area contributed by atoms with Gasteiger partial charge in [0, 0.05) is 18.2 Å². The van der Waals surface area contributed by atoms with Gasteiger partial charge in [-0.3, -0.25) is 24.1 Å². The molecule has 1 aliphatic carbocycles. The molecule has 1 fully saturated rings. The molecule has 1 aromatic carbocycles. The first-order chi connectivity index (χ1) is 12.4. The number of nitrogens with one attached hydrogen (secondary N) is 1. The van der Waals surface area contributed by atoms with Crippen molar-refractivity contribution in [3.8, 4) is 0 Å². The Kier molecular flexibility index (Phi) is 5.06.